The molecule has 0 spiro atoms. The van der Waals surface area contributed by atoms with Gasteiger partial charge in [0.05, 0.1) is 35.8 Å². The van der Waals surface area contributed by atoms with Crippen LogP contribution in [0.15, 0.2) is 18.2 Å². The molecule has 5 rings (SSSR count). The van der Waals surface area contributed by atoms with Gasteiger partial charge in [-0.25, -0.2) is 0 Å². The minimum atomic E-state index is -0.952. The number of H-pyrrole nitrogens is 2. The lowest BCUT2D eigenvalue weighted by atomic mass is 9.85. The summed E-state index contributed by atoms with van der Waals surface area (Å²) in [5, 5.41) is 15.9. The van der Waals surface area contributed by atoms with Gasteiger partial charge in [-0.15, -0.1) is 0 Å². The van der Waals surface area contributed by atoms with Crippen molar-refractivity contribution in [3.8, 4) is 0 Å². The van der Waals surface area contributed by atoms with Crippen LogP contribution in [0.3, 0.4) is 0 Å². The molecule has 13 nitrogen and oxygen atoms in total. The number of aliphatic carboxylic acids is 1. The molecule has 0 fully saturated rings. The second kappa shape index (κ2) is 16.2. The Hall–Kier alpha value is -4.88. The van der Waals surface area contributed by atoms with Crippen LogP contribution in [0.5, 0.6) is 0 Å². The number of hydrogen-bond donors (Lipinski definition) is 6. The number of nitrogens with one attached hydrogen (secondary N) is 4. The second-order valence-corrected chi connectivity index (χ2v) is 13.9. The topological polar surface area (TPSA) is 205 Å². The zero-order valence-electron chi connectivity index (χ0n) is 31.2. The Morgan fingerprint density at radius 3 is 2.17 bits per heavy atom. The number of amides is 1. The van der Waals surface area contributed by atoms with Gasteiger partial charge in [0.15, 0.2) is 5.78 Å². The molecule has 0 aliphatic carbocycles. The Morgan fingerprint density at radius 1 is 0.885 bits per heavy atom. The Kier molecular flexibility index (Phi) is 12.0. The molecule has 0 saturated heterocycles. The van der Waals surface area contributed by atoms with Crippen molar-refractivity contribution >= 4 is 45.7 Å². The first-order valence-electron chi connectivity index (χ1n) is 18.1. The minimum Gasteiger partial charge on any atom is -0.481 e. The molecule has 1 amide bonds. The number of carbonyl (C=O) groups excluding carboxylic acids is 3. The molecule has 3 aromatic rings. The maximum Gasteiger partial charge on any atom is 0.310 e. The average molecular weight is 714 g/mol. The Morgan fingerprint density at radius 2 is 1.52 bits per heavy atom. The number of ketones is 1. The summed E-state index contributed by atoms with van der Waals surface area (Å²) in [5.41, 5.74) is 13.7. The van der Waals surface area contributed by atoms with Crippen molar-refractivity contribution in [1.29, 1.82) is 0 Å². The SMILES string of the molecule is CC[C@H]1c2cc3[nH]c(c(CC(=O)OC)c4nc(cc5[nH]c(cc(n2)[C@@H]1C)c(C(C)=O)c5C)[C@@H](C)[C@@H]4CCC(=O)O)c(C(=O)NCCNCCN)c3C. The van der Waals surface area contributed by atoms with E-state index >= 15 is 0 Å². The average Bonchev–Trinajstić information content (AvgIpc) is 3.78. The summed E-state index contributed by atoms with van der Waals surface area (Å²) in [6.07, 6.45) is 0.725. The predicted octanol–water partition coefficient (Wildman–Crippen LogP) is 5.18. The van der Waals surface area contributed by atoms with E-state index in [1.165, 1.54) is 7.11 Å². The van der Waals surface area contributed by atoms with Gasteiger partial charge in [-0.05, 0) is 62.9 Å². The van der Waals surface area contributed by atoms with E-state index < -0.39 is 17.9 Å². The zero-order valence-corrected chi connectivity index (χ0v) is 31.2. The number of rotatable bonds is 13. The third kappa shape index (κ3) is 7.65. The van der Waals surface area contributed by atoms with E-state index in [4.69, 9.17) is 20.4 Å². The van der Waals surface area contributed by atoms with E-state index in [1.54, 1.807) is 6.92 Å². The maximum absolute atomic E-state index is 14.1. The van der Waals surface area contributed by atoms with Crippen LogP contribution in [-0.4, -0.2) is 82.0 Å². The minimum absolute atomic E-state index is 0.0497. The van der Waals surface area contributed by atoms with Crippen molar-refractivity contribution in [2.75, 3.05) is 33.3 Å². The van der Waals surface area contributed by atoms with Crippen LogP contribution in [0.25, 0.3) is 22.1 Å². The number of carboxylic acids is 1. The first kappa shape index (κ1) is 38.4. The molecular formula is C39H51N7O6. The number of esters is 1. The monoisotopic (exact) mass is 713 g/mol. The van der Waals surface area contributed by atoms with E-state index in [-0.39, 0.29) is 48.7 Å². The summed E-state index contributed by atoms with van der Waals surface area (Å²) in [5.74, 6) is -2.44. The van der Waals surface area contributed by atoms with Gasteiger partial charge >= 0.3 is 11.9 Å². The van der Waals surface area contributed by atoms with Gasteiger partial charge in [0.2, 0.25) is 0 Å². The van der Waals surface area contributed by atoms with Crippen LogP contribution in [-0.2, 0) is 20.7 Å². The molecule has 2 aliphatic rings. The van der Waals surface area contributed by atoms with Crippen molar-refractivity contribution in [2.24, 2.45) is 5.73 Å². The lowest BCUT2D eigenvalue weighted by molar-refractivity contribution is -0.140. The molecular weight excluding hydrogens is 662 g/mol. The molecule has 3 aromatic heterocycles. The van der Waals surface area contributed by atoms with Gasteiger partial charge in [0.1, 0.15) is 0 Å². The van der Waals surface area contributed by atoms with E-state index in [9.17, 15) is 24.3 Å². The Balaban J connectivity index is 1.95. The molecule has 0 aromatic carbocycles. The summed E-state index contributed by atoms with van der Waals surface area (Å²) < 4.78 is 5.16. The molecule has 7 N–H and O–H groups in total. The summed E-state index contributed by atoms with van der Waals surface area (Å²) in [7, 11) is 1.31. The molecule has 5 heterocycles. The highest BCUT2D eigenvalue weighted by atomic mass is 16.5. The highest BCUT2D eigenvalue weighted by Gasteiger charge is 2.34. The number of carbonyl (C=O) groups is 4. The smallest absolute Gasteiger partial charge is 0.310 e. The zero-order chi connectivity index (χ0) is 37.9. The third-order valence-electron chi connectivity index (χ3n) is 10.6. The third-order valence-corrected chi connectivity index (χ3v) is 10.6. The van der Waals surface area contributed by atoms with Crippen LogP contribution in [0.2, 0.25) is 0 Å². The van der Waals surface area contributed by atoms with Crippen LogP contribution in [0, 0.1) is 13.8 Å². The molecule has 4 atom stereocenters. The molecule has 0 unspecified atom stereocenters. The van der Waals surface area contributed by atoms with Gasteiger partial charge in [-0.2, -0.15) is 0 Å². The van der Waals surface area contributed by atoms with Crippen molar-refractivity contribution < 1.29 is 29.0 Å². The predicted molar refractivity (Wildman–Crippen MR) is 200 cm³/mol. The summed E-state index contributed by atoms with van der Waals surface area (Å²) >= 11 is 0. The number of aryl methyl sites for hydroxylation is 2. The van der Waals surface area contributed by atoms with Crippen molar-refractivity contribution in [1.82, 2.24) is 30.6 Å². The van der Waals surface area contributed by atoms with Crippen molar-refractivity contribution in [3.63, 3.8) is 0 Å². The van der Waals surface area contributed by atoms with Crippen molar-refractivity contribution in [2.45, 2.75) is 90.9 Å². The van der Waals surface area contributed by atoms with E-state index in [0.29, 0.717) is 81.9 Å². The molecule has 13 heteroatoms. The number of aromatic nitrogens is 4. The van der Waals surface area contributed by atoms with Crippen LogP contribution >= 0.6 is 0 Å². The Labute approximate surface area is 303 Å². The normalized spacial score (nSPS) is 18.3. The fraction of sp³-hybridized carbons (Fsp3) is 0.487. The number of aromatic amines is 2. The summed E-state index contributed by atoms with van der Waals surface area (Å²) in [4.78, 5) is 69.4. The highest BCUT2D eigenvalue weighted by molar-refractivity contribution is 6.06. The van der Waals surface area contributed by atoms with Gasteiger partial charge in [0, 0.05) is 95.5 Å². The summed E-state index contributed by atoms with van der Waals surface area (Å²) in [6, 6.07) is 5.83. The second-order valence-electron chi connectivity index (χ2n) is 13.9. The van der Waals surface area contributed by atoms with Crippen LogP contribution in [0.1, 0.15) is 131 Å². The number of carboxylic acid groups (broad SMARTS) is 1. The fourth-order valence-electron chi connectivity index (χ4n) is 7.71. The molecule has 2 aliphatic heterocycles. The van der Waals surface area contributed by atoms with Crippen LogP contribution in [0.4, 0.5) is 0 Å². The Bertz CT molecular complexity index is 2050. The molecule has 278 valence electrons. The number of fused-ring (bicyclic) bond motifs is 8. The highest BCUT2D eigenvalue weighted by Crippen LogP contribution is 2.43. The van der Waals surface area contributed by atoms with Crippen LogP contribution < -0.4 is 16.4 Å². The van der Waals surface area contributed by atoms with E-state index in [1.807, 2.05) is 39.0 Å². The lowest BCUT2D eigenvalue weighted by Gasteiger charge is -2.17. The number of ether oxygens (including phenoxy) is 1. The maximum atomic E-state index is 14.1. The van der Waals surface area contributed by atoms with E-state index in [2.05, 4.69) is 34.4 Å². The van der Waals surface area contributed by atoms with Gasteiger partial charge < -0.3 is 36.2 Å². The number of hydrogen-bond acceptors (Lipinski definition) is 9. The quantitative estimate of drug-likeness (QED) is 0.0778. The fourth-order valence-corrected chi connectivity index (χ4v) is 7.71. The van der Waals surface area contributed by atoms with Gasteiger partial charge in [-0.3, -0.25) is 29.1 Å². The van der Waals surface area contributed by atoms with Crippen molar-refractivity contribution in [3.05, 3.63) is 68.8 Å². The molecule has 0 saturated carbocycles. The van der Waals surface area contributed by atoms with Gasteiger partial charge in [-0.1, -0.05) is 20.8 Å². The first-order valence-corrected chi connectivity index (χ1v) is 18.1. The number of methoxy groups -OCH3 is 1. The number of nitrogens with two attached hydrogens (primary N) is 1. The molecule has 0 radical (unpaired) electrons. The standard InChI is InChI=1S/C39H51N7O6/c1-8-24-19(2)27-18-32-35(23(6)47)21(4)29(44-32)16-28-20(3)25(9-10-33(48)49)37(45-28)26(15-34(50)52-7)38-36(39(51)42-14-13-41-12-11-40)22(5)30(46-38)17-31(24)43-27/h16-20,24-25,41,44,46H,8-15,40H2,1-7H3,(H,42,51)(H,48,49)/t19-,20+,24-,25+/m1/s1. The largest absolute Gasteiger partial charge is 0.481 e. The molecule has 8 bridgehead atoms. The number of nitrogens with zero attached hydrogens (tertiary/aromatic N) is 2. The van der Waals surface area contributed by atoms with E-state index in [0.717, 1.165) is 23.4 Å². The number of Topliss-reactive ketones (excluding diaryl/α,β-unsaturated/α-hetero) is 1. The first-order chi connectivity index (χ1) is 24.8. The lowest BCUT2D eigenvalue weighted by Crippen LogP contribution is -2.34. The molecule has 52 heavy (non-hydrogen) atoms. The van der Waals surface area contributed by atoms with Gasteiger partial charge in [0.25, 0.3) is 5.91 Å². The summed E-state index contributed by atoms with van der Waals surface area (Å²) in [6.45, 7) is 13.5.